The summed E-state index contributed by atoms with van der Waals surface area (Å²) in [7, 11) is 0. The normalized spacial score (nSPS) is 12.0. The molecule has 0 heterocycles. The van der Waals surface area contributed by atoms with Gasteiger partial charge < -0.3 is 15.7 Å². The van der Waals surface area contributed by atoms with Gasteiger partial charge in [-0.1, -0.05) is 0 Å². The Bertz CT molecular complexity index is 263. The molecule has 0 rings (SSSR count). The summed E-state index contributed by atoms with van der Waals surface area (Å²) >= 11 is 0. The molecule has 86 valence electrons. The number of hydrogen-bond donors (Lipinski definition) is 3. The zero-order valence-electron chi connectivity index (χ0n) is 9.03. The average Bonchev–Trinajstić information content (AvgIpc) is 2.11. The van der Waals surface area contributed by atoms with E-state index in [2.05, 4.69) is 10.6 Å². The molecule has 0 aromatic rings. The predicted octanol–water partition coefficient (Wildman–Crippen LogP) is -0.652. The summed E-state index contributed by atoms with van der Waals surface area (Å²) in [5.74, 6) is -3.36. The Morgan fingerprint density at radius 3 is 2.13 bits per heavy atom. The van der Waals surface area contributed by atoms with Crippen molar-refractivity contribution in [3.63, 3.8) is 0 Å². The van der Waals surface area contributed by atoms with Gasteiger partial charge in [-0.05, 0) is 20.8 Å². The molecule has 0 aliphatic carbocycles. The first-order valence-corrected chi connectivity index (χ1v) is 4.64. The molecule has 15 heavy (non-hydrogen) atoms. The molecule has 0 aliphatic rings. The Balaban J connectivity index is 3.91. The summed E-state index contributed by atoms with van der Waals surface area (Å²) in [6, 6.07) is -0.00806. The maximum absolute atomic E-state index is 11.1. The molecule has 0 bridgehead atoms. The number of nitrogens with one attached hydrogen (secondary N) is 2. The Labute approximate surface area is 88.0 Å². The summed E-state index contributed by atoms with van der Waals surface area (Å²) < 4.78 is 0. The average molecular weight is 216 g/mol. The van der Waals surface area contributed by atoms with Crippen molar-refractivity contribution >= 4 is 17.8 Å². The van der Waals surface area contributed by atoms with Gasteiger partial charge in [-0.15, -0.1) is 0 Å². The largest absolute Gasteiger partial charge is 0.481 e. The molecule has 0 aliphatic heterocycles. The van der Waals surface area contributed by atoms with Gasteiger partial charge in [0.1, 0.15) is 5.92 Å². The number of amides is 2. The number of carboxylic acid groups (broad SMARTS) is 1. The van der Waals surface area contributed by atoms with Crippen LogP contribution in [-0.2, 0) is 14.4 Å². The van der Waals surface area contributed by atoms with Crippen molar-refractivity contribution in [2.75, 3.05) is 6.54 Å². The van der Waals surface area contributed by atoms with E-state index in [1.807, 2.05) is 0 Å². The fraction of sp³-hybridized carbons (Fsp3) is 0.667. The minimum atomic E-state index is -1.21. The van der Waals surface area contributed by atoms with E-state index in [4.69, 9.17) is 5.11 Å². The molecule has 0 spiro atoms. The number of hydrogen-bond acceptors (Lipinski definition) is 3. The van der Waals surface area contributed by atoms with E-state index in [1.165, 1.54) is 6.92 Å². The van der Waals surface area contributed by atoms with Crippen LogP contribution < -0.4 is 10.6 Å². The smallest absolute Gasteiger partial charge is 0.315 e. The molecule has 0 saturated carbocycles. The van der Waals surface area contributed by atoms with Crippen molar-refractivity contribution in [3.05, 3.63) is 0 Å². The van der Waals surface area contributed by atoms with Crippen LogP contribution in [0.1, 0.15) is 20.8 Å². The van der Waals surface area contributed by atoms with Crippen molar-refractivity contribution in [3.8, 4) is 0 Å². The van der Waals surface area contributed by atoms with Gasteiger partial charge in [0.25, 0.3) is 0 Å². The van der Waals surface area contributed by atoms with Crippen molar-refractivity contribution in [1.29, 1.82) is 0 Å². The number of rotatable bonds is 5. The lowest BCUT2D eigenvalue weighted by molar-refractivity contribution is -0.146. The quantitative estimate of drug-likeness (QED) is 0.532. The van der Waals surface area contributed by atoms with Crippen LogP contribution in [0.25, 0.3) is 0 Å². The zero-order valence-corrected chi connectivity index (χ0v) is 9.03. The Morgan fingerprint density at radius 1 is 1.20 bits per heavy atom. The van der Waals surface area contributed by atoms with Crippen molar-refractivity contribution < 1.29 is 19.5 Å². The van der Waals surface area contributed by atoms with E-state index in [0.717, 1.165) is 0 Å². The second kappa shape index (κ2) is 6.00. The van der Waals surface area contributed by atoms with Crippen LogP contribution in [0.2, 0.25) is 0 Å². The highest BCUT2D eigenvalue weighted by Gasteiger charge is 2.20. The number of aliphatic carboxylic acids is 1. The van der Waals surface area contributed by atoms with Gasteiger partial charge in [0.05, 0.1) is 6.54 Å². The van der Waals surface area contributed by atoms with Gasteiger partial charge in [0.2, 0.25) is 11.8 Å². The van der Waals surface area contributed by atoms with Gasteiger partial charge in [0.15, 0.2) is 0 Å². The van der Waals surface area contributed by atoms with E-state index < -0.39 is 17.8 Å². The molecule has 6 heteroatoms. The van der Waals surface area contributed by atoms with Crippen LogP contribution in [0.5, 0.6) is 0 Å². The minimum absolute atomic E-state index is 0.00806. The summed E-state index contributed by atoms with van der Waals surface area (Å²) in [6.07, 6.45) is 0. The van der Waals surface area contributed by atoms with Gasteiger partial charge in [-0.3, -0.25) is 14.4 Å². The van der Waals surface area contributed by atoms with E-state index in [9.17, 15) is 14.4 Å². The molecule has 0 aromatic carbocycles. The summed E-state index contributed by atoms with van der Waals surface area (Å²) in [5.41, 5.74) is 0. The van der Waals surface area contributed by atoms with Crippen molar-refractivity contribution in [1.82, 2.24) is 10.6 Å². The Morgan fingerprint density at radius 2 is 1.73 bits per heavy atom. The first-order chi connectivity index (χ1) is 6.84. The third-order valence-electron chi connectivity index (χ3n) is 1.64. The monoisotopic (exact) mass is 216 g/mol. The van der Waals surface area contributed by atoms with Gasteiger partial charge in [-0.2, -0.15) is 0 Å². The van der Waals surface area contributed by atoms with E-state index in [0.29, 0.717) is 0 Å². The van der Waals surface area contributed by atoms with Crippen LogP contribution >= 0.6 is 0 Å². The van der Waals surface area contributed by atoms with E-state index in [1.54, 1.807) is 13.8 Å². The molecular weight excluding hydrogens is 200 g/mol. The minimum Gasteiger partial charge on any atom is -0.481 e. The summed E-state index contributed by atoms with van der Waals surface area (Å²) in [5, 5.41) is 13.3. The molecular formula is C9H16N2O4. The second-order valence-corrected chi connectivity index (χ2v) is 3.50. The molecule has 2 amide bonds. The molecule has 0 fully saturated rings. The molecule has 0 saturated heterocycles. The zero-order chi connectivity index (χ0) is 12.0. The third kappa shape index (κ3) is 5.66. The van der Waals surface area contributed by atoms with Gasteiger partial charge in [0, 0.05) is 6.04 Å². The van der Waals surface area contributed by atoms with Crippen LogP contribution in [-0.4, -0.2) is 35.5 Å². The fourth-order valence-electron chi connectivity index (χ4n) is 0.806. The third-order valence-corrected chi connectivity index (χ3v) is 1.64. The molecule has 6 nitrogen and oxygen atoms in total. The highest BCUT2D eigenvalue weighted by molar-refractivity contribution is 5.97. The molecule has 3 N–H and O–H groups in total. The van der Waals surface area contributed by atoms with E-state index in [-0.39, 0.29) is 18.5 Å². The Hall–Kier alpha value is -1.59. The first kappa shape index (κ1) is 13.4. The highest BCUT2D eigenvalue weighted by Crippen LogP contribution is 1.93. The fourth-order valence-corrected chi connectivity index (χ4v) is 0.806. The topological polar surface area (TPSA) is 95.5 Å². The first-order valence-electron chi connectivity index (χ1n) is 4.64. The van der Waals surface area contributed by atoms with Gasteiger partial charge in [-0.25, -0.2) is 0 Å². The maximum atomic E-state index is 11.1. The molecule has 0 radical (unpaired) electrons. The Kier molecular flexibility index (Phi) is 5.36. The maximum Gasteiger partial charge on any atom is 0.315 e. The second-order valence-electron chi connectivity index (χ2n) is 3.50. The van der Waals surface area contributed by atoms with Crippen molar-refractivity contribution in [2.24, 2.45) is 5.92 Å². The molecule has 0 aromatic heterocycles. The molecule has 1 unspecified atom stereocenters. The lowest BCUT2D eigenvalue weighted by atomic mass is 10.2. The van der Waals surface area contributed by atoms with Gasteiger partial charge >= 0.3 is 5.97 Å². The number of carbonyl (C=O) groups is 3. The van der Waals surface area contributed by atoms with E-state index >= 15 is 0 Å². The predicted molar refractivity (Wildman–Crippen MR) is 53.1 cm³/mol. The van der Waals surface area contributed by atoms with Crippen LogP contribution in [0.15, 0.2) is 0 Å². The lowest BCUT2D eigenvalue weighted by Crippen LogP contribution is -2.42. The molecule has 1 atom stereocenters. The lowest BCUT2D eigenvalue weighted by Gasteiger charge is -2.10. The number of carbonyl (C=O) groups excluding carboxylic acids is 2. The highest BCUT2D eigenvalue weighted by atomic mass is 16.4. The standard InChI is InChI=1S/C9H16N2O4/c1-5(2)11-7(12)4-10-8(13)6(3)9(14)15/h5-6H,4H2,1-3H3,(H,10,13)(H,11,12)(H,14,15). The van der Waals surface area contributed by atoms with Crippen LogP contribution in [0, 0.1) is 5.92 Å². The van der Waals surface area contributed by atoms with Crippen LogP contribution in [0.3, 0.4) is 0 Å². The van der Waals surface area contributed by atoms with Crippen LogP contribution in [0.4, 0.5) is 0 Å². The SMILES string of the molecule is CC(C)NC(=O)CNC(=O)C(C)C(=O)O. The summed E-state index contributed by atoms with van der Waals surface area (Å²) in [4.78, 5) is 32.6. The number of carboxylic acids is 1. The van der Waals surface area contributed by atoms with Crippen molar-refractivity contribution in [2.45, 2.75) is 26.8 Å². The summed E-state index contributed by atoms with van der Waals surface area (Å²) in [6.45, 7) is 4.64.